The third kappa shape index (κ3) is 5.73. The normalized spacial score (nSPS) is 10.5. The molecule has 21 heavy (non-hydrogen) atoms. The van der Waals surface area contributed by atoms with E-state index in [0.29, 0.717) is 17.6 Å². The van der Waals surface area contributed by atoms with E-state index in [-0.39, 0.29) is 23.4 Å². The van der Waals surface area contributed by atoms with Gasteiger partial charge in [0.1, 0.15) is 0 Å². The minimum Gasteiger partial charge on any atom is -0.478 e. The first-order chi connectivity index (χ1) is 9.81. The van der Waals surface area contributed by atoms with E-state index in [4.69, 9.17) is 9.84 Å². The Labute approximate surface area is 132 Å². The van der Waals surface area contributed by atoms with E-state index in [1.165, 1.54) is 11.0 Å². The molecule has 0 radical (unpaired) electrons. The molecule has 0 saturated carbocycles. The Hall–Kier alpha value is -1.60. The second-order valence-corrected chi connectivity index (χ2v) is 5.68. The number of carboxylic acids is 1. The smallest absolute Gasteiger partial charge is 0.337 e. The number of carbonyl (C=O) groups is 2. The monoisotopic (exact) mass is 358 g/mol. The summed E-state index contributed by atoms with van der Waals surface area (Å²) in [5, 5.41) is 11.7. The van der Waals surface area contributed by atoms with Gasteiger partial charge in [0.25, 0.3) is 0 Å². The van der Waals surface area contributed by atoms with Crippen molar-refractivity contribution in [3.05, 3.63) is 28.2 Å². The Morgan fingerprint density at radius 3 is 2.67 bits per heavy atom. The van der Waals surface area contributed by atoms with Crippen LogP contribution >= 0.6 is 15.9 Å². The van der Waals surface area contributed by atoms with Crippen molar-refractivity contribution in [2.45, 2.75) is 20.0 Å². The molecule has 7 heteroatoms. The molecule has 0 spiro atoms. The first-order valence-corrected chi connectivity index (χ1v) is 7.27. The molecule has 2 amide bonds. The van der Waals surface area contributed by atoms with Gasteiger partial charge in [-0.25, -0.2) is 9.59 Å². The van der Waals surface area contributed by atoms with Crippen LogP contribution in [0.1, 0.15) is 24.2 Å². The maximum absolute atomic E-state index is 12.0. The molecule has 0 aliphatic rings. The van der Waals surface area contributed by atoms with Crippen LogP contribution < -0.4 is 5.32 Å². The molecular weight excluding hydrogens is 340 g/mol. The lowest BCUT2D eigenvalue weighted by molar-refractivity contribution is 0.0687. The largest absolute Gasteiger partial charge is 0.478 e. The molecule has 0 bridgehead atoms. The van der Waals surface area contributed by atoms with Crippen molar-refractivity contribution in [3.8, 4) is 0 Å². The topological polar surface area (TPSA) is 78.9 Å². The third-order valence-corrected chi connectivity index (χ3v) is 3.17. The van der Waals surface area contributed by atoms with Crippen LogP contribution in [-0.2, 0) is 4.74 Å². The van der Waals surface area contributed by atoms with Crippen LogP contribution in [0.15, 0.2) is 22.7 Å². The van der Waals surface area contributed by atoms with E-state index >= 15 is 0 Å². The van der Waals surface area contributed by atoms with Gasteiger partial charge in [0, 0.05) is 18.1 Å². The summed E-state index contributed by atoms with van der Waals surface area (Å²) in [5.74, 6) is -1.10. The van der Waals surface area contributed by atoms with Gasteiger partial charge in [-0.3, -0.25) is 0 Å². The quantitative estimate of drug-likeness (QED) is 0.818. The molecule has 0 heterocycles. The molecule has 1 aromatic carbocycles. The van der Waals surface area contributed by atoms with E-state index < -0.39 is 5.97 Å². The molecule has 1 aromatic rings. The van der Waals surface area contributed by atoms with Crippen molar-refractivity contribution in [1.82, 2.24) is 4.90 Å². The molecule has 0 aromatic heterocycles. The first kappa shape index (κ1) is 17.5. The highest BCUT2D eigenvalue weighted by Gasteiger charge is 2.15. The summed E-state index contributed by atoms with van der Waals surface area (Å²) in [5.41, 5.74) is 0.289. The van der Waals surface area contributed by atoms with E-state index in [2.05, 4.69) is 21.2 Å². The second-order valence-electron chi connectivity index (χ2n) is 4.77. The number of carboxylic acid groups (broad SMARTS) is 1. The number of ether oxygens (including phenoxy) is 1. The lowest BCUT2D eigenvalue weighted by Gasteiger charge is -2.19. The molecule has 2 N–H and O–H groups in total. The van der Waals surface area contributed by atoms with Gasteiger partial charge in [0.2, 0.25) is 0 Å². The highest BCUT2D eigenvalue weighted by atomic mass is 79.9. The number of aromatic carboxylic acids is 1. The number of hydrogen-bond acceptors (Lipinski definition) is 3. The van der Waals surface area contributed by atoms with Crippen LogP contribution in [0.5, 0.6) is 0 Å². The fraction of sp³-hybridized carbons (Fsp3) is 0.429. The van der Waals surface area contributed by atoms with Gasteiger partial charge < -0.3 is 20.1 Å². The fourth-order valence-corrected chi connectivity index (χ4v) is 1.90. The number of nitrogens with zero attached hydrogens (tertiary/aromatic N) is 1. The molecule has 1 rings (SSSR count). The summed E-state index contributed by atoms with van der Waals surface area (Å²) in [7, 11) is 1.62. The highest BCUT2D eigenvalue weighted by molar-refractivity contribution is 9.10. The maximum atomic E-state index is 12.0. The lowest BCUT2D eigenvalue weighted by atomic mass is 10.2. The van der Waals surface area contributed by atoms with Crippen LogP contribution in [0.4, 0.5) is 10.5 Å². The van der Waals surface area contributed by atoms with Gasteiger partial charge in [-0.15, -0.1) is 0 Å². The summed E-state index contributed by atoms with van der Waals surface area (Å²) in [6, 6.07) is 4.28. The summed E-state index contributed by atoms with van der Waals surface area (Å²) >= 11 is 3.20. The lowest BCUT2D eigenvalue weighted by Crippen LogP contribution is -2.34. The van der Waals surface area contributed by atoms with Crippen molar-refractivity contribution in [2.75, 3.05) is 25.5 Å². The summed E-state index contributed by atoms with van der Waals surface area (Å²) < 4.78 is 6.00. The van der Waals surface area contributed by atoms with Gasteiger partial charge in [-0.05, 0) is 32.0 Å². The van der Waals surface area contributed by atoms with E-state index in [1.54, 1.807) is 19.2 Å². The number of benzene rings is 1. The Balaban J connectivity index is 2.68. The van der Waals surface area contributed by atoms with Crippen LogP contribution in [-0.4, -0.2) is 48.3 Å². The molecule has 0 unspecified atom stereocenters. The molecule has 0 saturated heterocycles. The molecular formula is C14H19BrN2O4. The zero-order chi connectivity index (χ0) is 16.0. The van der Waals surface area contributed by atoms with Gasteiger partial charge >= 0.3 is 12.0 Å². The second kappa shape index (κ2) is 7.99. The van der Waals surface area contributed by atoms with Gasteiger partial charge in [-0.2, -0.15) is 0 Å². The Morgan fingerprint density at radius 1 is 1.43 bits per heavy atom. The van der Waals surface area contributed by atoms with Crippen LogP contribution in [0.3, 0.4) is 0 Å². The average molecular weight is 359 g/mol. The minimum absolute atomic E-state index is 0.0320. The predicted octanol–water partition coefficient (Wildman–Crippen LogP) is 3.04. The van der Waals surface area contributed by atoms with Crippen molar-refractivity contribution >= 4 is 33.6 Å². The molecule has 0 atom stereocenters. The van der Waals surface area contributed by atoms with Gasteiger partial charge in [0.05, 0.1) is 24.0 Å². The number of urea groups is 1. The number of hydrogen-bond donors (Lipinski definition) is 2. The van der Waals surface area contributed by atoms with Crippen LogP contribution in [0.25, 0.3) is 0 Å². The highest BCUT2D eigenvalue weighted by Crippen LogP contribution is 2.21. The molecule has 0 aliphatic carbocycles. The predicted molar refractivity (Wildman–Crippen MR) is 83.8 cm³/mol. The first-order valence-electron chi connectivity index (χ1n) is 6.47. The Bertz CT molecular complexity index is 520. The zero-order valence-electron chi connectivity index (χ0n) is 12.2. The zero-order valence-corrected chi connectivity index (χ0v) is 13.8. The Kier molecular flexibility index (Phi) is 6.64. The van der Waals surface area contributed by atoms with Gasteiger partial charge in [-0.1, -0.05) is 15.9 Å². The summed E-state index contributed by atoms with van der Waals surface area (Å²) in [6.45, 7) is 4.68. The number of nitrogens with one attached hydrogen (secondary N) is 1. The SMILES string of the molecule is CC(C)OCCN(C)C(=O)Nc1ccc(Br)cc1C(=O)O. The number of halogens is 1. The van der Waals surface area contributed by atoms with Crippen molar-refractivity contribution in [3.63, 3.8) is 0 Å². The van der Waals surface area contributed by atoms with Crippen molar-refractivity contribution in [1.29, 1.82) is 0 Å². The fourth-order valence-electron chi connectivity index (χ4n) is 1.54. The van der Waals surface area contributed by atoms with Crippen molar-refractivity contribution < 1.29 is 19.4 Å². The minimum atomic E-state index is -1.10. The average Bonchev–Trinajstić information content (AvgIpc) is 2.39. The standard InChI is InChI=1S/C14H19BrN2O4/c1-9(2)21-7-6-17(3)14(20)16-12-5-4-10(15)8-11(12)13(18)19/h4-5,8-9H,6-7H2,1-3H3,(H,16,20)(H,18,19). The molecule has 6 nitrogen and oxygen atoms in total. The summed E-state index contributed by atoms with van der Waals surface area (Å²) in [4.78, 5) is 24.6. The van der Waals surface area contributed by atoms with Crippen molar-refractivity contribution in [2.24, 2.45) is 0 Å². The number of rotatable bonds is 6. The molecule has 0 aliphatic heterocycles. The van der Waals surface area contributed by atoms with Crippen LogP contribution in [0, 0.1) is 0 Å². The number of carbonyl (C=O) groups excluding carboxylic acids is 1. The number of anilines is 1. The number of amides is 2. The maximum Gasteiger partial charge on any atom is 0.337 e. The number of likely N-dealkylation sites (N-methyl/N-ethyl adjacent to an activating group) is 1. The molecule has 0 fully saturated rings. The van der Waals surface area contributed by atoms with Gasteiger partial charge in [0.15, 0.2) is 0 Å². The molecule has 116 valence electrons. The van der Waals surface area contributed by atoms with E-state index in [0.717, 1.165) is 0 Å². The Morgan fingerprint density at radius 2 is 2.10 bits per heavy atom. The van der Waals surface area contributed by atoms with E-state index in [9.17, 15) is 9.59 Å². The van der Waals surface area contributed by atoms with E-state index in [1.807, 2.05) is 13.8 Å². The summed E-state index contributed by atoms with van der Waals surface area (Å²) in [6.07, 6.45) is 0.103. The van der Waals surface area contributed by atoms with Crippen LogP contribution in [0.2, 0.25) is 0 Å². The third-order valence-electron chi connectivity index (χ3n) is 2.68.